The van der Waals surface area contributed by atoms with Crippen LogP contribution in [0.3, 0.4) is 0 Å². The van der Waals surface area contributed by atoms with Gasteiger partial charge in [-0.2, -0.15) is 13.2 Å². The van der Waals surface area contributed by atoms with E-state index in [1.807, 2.05) is 36.4 Å². The number of aliphatic hydroxyl groups excluding tert-OH is 1. The fourth-order valence-corrected chi connectivity index (χ4v) is 4.55. The molecule has 0 fully saturated rings. The van der Waals surface area contributed by atoms with Crippen molar-refractivity contribution in [3.63, 3.8) is 0 Å². The zero-order chi connectivity index (χ0) is 22.3. The lowest BCUT2D eigenvalue weighted by Crippen LogP contribution is -2.11. The maximum absolute atomic E-state index is 13.5. The lowest BCUT2D eigenvalue weighted by Gasteiger charge is -2.18. The van der Waals surface area contributed by atoms with Gasteiger partial charge in [0.05, 0.1) is 11.3 Å². The van der Waals surface area contributed by atoms with Crippen LogP contribution in [0.25, 0.3) is 24.3 Å². The lowest BCUT2D eigenvalue weighted by atomic mass is 9.93. The summed E-state index contributed by atoms with van der Waals surface area (Å²) in [5.41, 5.74) is 5.03. The highest BCUT2D eigenvalue weighted by Gasteiger charge is 2.35. The minimum absolute atomic E-state index is 0.0130. The molecule has 0 bridgehead atoms. The Morgan fingerprint density at radius 1 is 0.906 bits per heavy atom. The summed E-state index contributed by atoms with van der Waals surface area (Å²) in [6.45, 7) is 0. The molecule has 5 heteroatoms. The largest absolute Gasteiger partial charge is 0.416 e. The number of pyridine rings is 1. The minimum Gasteiger partial charge on any atom is -0.384 e. The smallest absolute Gasteiger partial charge is 0.384 e. The van der Waals surface area contributed by atoms with E-state index in [2.05, 4.69) is 6.07 Å². The first-order chi connectivity index (χ1) is 15.4. The van der Waals surface area contributed by atoms with E-state index in [0.717, 1.165) is 35.9 Å². The quantitative estimate of drug-likeness (QED) is 0.487. The van der Waals surface area contributed by atoms with Gasteiger partial charge in [0.1, 0.15) is 6.10 Å². The molecule has 2 nitrogen and oxygen atoms in total. The highest BCUT2D eigenvalue weighted by molar-refractivity contribution is 5.79. The zero-order valence-electron chi connectivity index (χ0n) is 17.4. The molecular formula is C27H22F3NO. The van der Waals surface area contributed by atoms with Crippen molar-refractivity contribution >= 4 is 24.3 Å². The Balaban J connectivity index is 1.48. The van der Waals surface area contributed by atoms with E-state index in [9.17, 15) is 18.3 Å². The maximum atomic E-state index is 13.5. The predicted molar refractivity (Wildman–Crippen MR) is 121 cm³/mol. The van der Waals surface area contributed by atoms with E-state index in [4.69, 9.17) is 4.98 Å². The van der Waals surface area contributed by atoms with E-state index in [1.165, 1.54) is 30.5 Å². The summed E-state index contributed by atoms with van der Waals surface area (Å²) in [6, 6.07) is 13.6. The van der Waals surface area contributed by atoms with Crippen LogP contribution < -0.4 is 0 Å². The topological polar surface area (TPSA) is 33.1 Å². The number of rotatable bonds is 2. The molecule has 2 aliphatic carbocycles. The molecule has 1 unspecified atom stereocenters. The molecule has 0 amide bonds. The number of fused-ring (bicyclic) bond motifs is 3. The number of benzene rings is 2. The lowest BCUT2D eigenvalue weighted by molar-refractivity contribution is -0.137. The summed E-state index contributed by atoms with van der Waals surface area (Å²) in [6.07, 6.45) is 5.78. The van der Waals surface area contributed by atoms with Crippen LogP contribution in [0, 0.1) is 0 Å². The maximum Gasteiger partial charge on any atom is 0.416 e. The average Bonchev–Trinajstić information content (AvgIpc) is 2.93. The standard InChI is InChI=1S/C27H22F3NO/c28-27(29,30)24-6-3-5-22-21(24)15-12-18-10-8-17(16-23(18)26(22)32)9-13-20-14-11-19-4-1-2-7-25(19)31-20/h3,5-6,8-16,26,32H,1-2,4,7H2. The van der Waals surface area contributed by atoms with Gasteiger partial charge in [-0.05, 0) is 83.3 Å². The van der Waals surface area contributed by atoms with Gasteiger partial charge in [0.15, 0.2) is 0 Å². The van der Waals surface area contributed by atoms with Gasteiger partial charge < -0.3 is 5.11 Å². The van der Waals surface area contributed by atoms with Crippen LogP contribution in [0.15, 0.2) is 48.5 Å². The summed E-state index contributed by atoms with van der Waals surface area (Å²) in [5.74, 6) is 0. The number of aryl methyl sites for hydroxylation is 2. The molecule has 32 heavy (non-hydrogen) atoms. The molecule has 0 saturated carbocycles. The Bertz CT molecular complexity index is 1240. The molecule has 1 N–H and O–H groups in total. The molecule has 1 atom stereocenters. The SMILES string of the molecule is OC1c2cc(C=Cc3ccc4c(n3)CCCC4)ccc2C=Cc2c1cccc2C(F)(F)F. The van der Waals surface area contributed by atoms with Gasteiger partial charge in [-0.1, -0.05) is 48.6 Å². The van der Waals surface area contributed by atoms with Crippen LogP contribution in [-0.4, -0.2) is 10.1 Å². The second-order valence-corrected chi connectivity index (χ2v) is 8.31. The van der Waals surface area contributed by atoms with Crippen molar-refractivity contribution in [3.8, 4) is 0 Å². The number of halogens is 3. The van der Waals surface area contributed by atoms with Crippen LogP contribution in [0.1, 0.15) is 69.3 Å². The number of nitrogens with zero attached hydrogens (tertiary/aromatic N) is 1. The van der Waals surface area contributed by atoms with Crippen molar-refractivity contribution in [1.29, 1.82) is 0 Å². The van der Waals surface area contributed by atoms with E-state index < -0.39 is 17.8 Å². The van der Waals surface area contributed by atoms with Gasteiger partial charge in [-0.15, -0.1) is 0 Å². The monoisotopic (exact) mass is 433 g/mol. The number of aliphatic hydroxyl groups is 1. The first kappa shape index (κ1) is 20.7. The molecule has 162 valence electrons. The van der Waals surface area contributed by atoms with Crippen LogP contribution in [0.4, 0.5) is 13.2 Å². The van der Waals surface area contributed by atoms with Crippen LogP contribution >= 0.6 is 0 Å². The second-order valence-electron chi connectivity index (χ2n) is 8.31. The molecule has 2 aliphatic rings. The second kappa shape index (κ2) is 8.06. The highest BCUT2D eigenvalue weighted by atomic mass is 19.4. The fourth-order valence-electron chi connectivity index (χ4n) is 4.55. The van der Waals surface area contributed by atoms with Crippen LogP contribution in [-0.2, 0) is 19.0 Å². The number of hydrogen-bond donors (Lipinski definition) is 1. The van der Waals surface area contributed by atoms with Gasteiger partial charge >= 0.3 is 6.18 Å². The Labute approximate surface area is 184 Å². The number of hydrogen-bond acceptors (Lipinski definition) is 2. The summed E-state index contributed by atoms with van der Waals surface area (Å²) < 4.78 is 40.4. The molecule has 0 spiro atoms. The molecule has 0 saturated heterocycles. The predicted octanol–water partition coefficient (Wildman–Crippen LogP) is 6.72. The third-order valence-corrected chi connectivity index (χ3v) is 6.22. The summed E-state index contributed by atoms with van der Waals surface area (Å²) >= 11 is 0. The van der Waals surface area contributed by atoms with E-state index in [-0.39, 0.29) is 11.1 Å². The van der Waals surface area contributed by atoms with Crippen molar-refractivity contribution < 1.29 is 18.3 Å². The number of alkyl halides is 3. The highest BCUT2D eigenvalue weighted by Crippen LogP contribution is 2.40. The third kappa shape index (κ3) is 3.89. The fraction of sp³-hybridized carbons (Fsp3) is 0.222. The molecule has 0 aliphatic heterocycles. The molecular weight excluding hydrogens is 411 g/mol. The van der Waals surface area contributed by atoms with Crippen LogP contribution in [0.2, 0.25) is 0 Å². The van der Waals surface area contributed by atoms with Gasteiger partial charge in [0, 0.05) is 5.69 Å². The Morgan fingerprint density at radius 2 is 1.75 bits per heavy atom. The van der Waals surface area contributed by atoms with Gasteiger partial charge in [0.2, 0.25) is 0 Å². The molecule has 0 radical (unpaired) electrons. The molecule has 5 rings (SSSR count). The van der Waals surface area contributed by atoms with Crippen molar-refractivity contribution in [3.05, 3.63) is 98.9 Å². The molecule has 1 heterocycles. The summed E-state index contributed by atoms with van der Waals surface area (Å²) in [5, 5.41) is 11.0. The zero-order valence-corrected chi connectivity index (χ0v) is 17.4. The van der Waals surface area contributed by atoms with Gasteiger partial charge in [0.25, 0.3) is 0 Å². The van der Waals surface area contributed by atoms with Crippen molar-refractivity contribution in [2.75, 3.05) is 0 Å². The number of aromatic nitrogens is 1. The van der Waals surface area contributed by atoms with Gasteiger partial charge in [-0.25, -0.2) is 0 Å². The summed E-state index contributed by atoms with van der Waals surface area (Å²) in [4.78, 5) is 4.75. The van der Waals surface area contributed by atoms with Crippen molar-refractivity contribution in [2.45, 2.75) is 38.0 Å². The third-order valence-electron chi connectivity index (χ3n) is 6.22. The van der Waals surface area contributed by atoms with Crippen molar-refractivity contribution in [2.24, 2.45) is 0 Å². The first-order valence-corrected chi connectivity index (χ1v) is 10.8. The van der Waals surface area contributed by atoms with E-state index in [0.29, 0.717) is 11.1 Å². The molecule has 3 aromatic rings. The summed E-state index contributed by atoms with van der Waals surface area (Å²) in [7, 11) is 0. The van der Waals surface area contributed by atoms with Crippen molar-refractivity contribution in [1.82, 2.24) is 4.98 Å². The molecule has 1 aromatic heterocycles. The van der Waals surface area contributed by atoms with E-state index >= 15 is 0 Å². The molecule has 2 aromatic carbocycles. The van der Waals surface area contributed by atoms with E-state index in [1.54, 1.807) is 12.1 Å². The Kier molecular flexibility index (Phi) is 5.22. The normalized spacial score (nSPS) is 17.6. The van der Waals surface area contributed by atoms with Crippen LogP contribution in [0.5, 0.6) is 0 Å². The van der Waals surface area contributed by atoms with Gasteiger partial charge in [-0.3, -0.25) is 4.98 Å². The first-order valence-electron chi connectivity index (χ1n) is 10.8. The Hall–Kier alpha value is -3.18. The minimum atomic E-state index is -4.48. The average molecular weight is 433 g/mol. The Morgan fingerprint density at radius 3 is 2.59 bits per heavy atom.